The summed E-state index contributed by atoms with van der Waals surface area (Å²) in [5.74, 6) is -0.938. The van der Waals surface area contributed by atoms with E-state index in [1.165, 1.54) is 18.2 Å². The van der Waals surface area contributed by atoms with Crippen LogP contribution < -0.4 is 5.73 Å². The fourth-order valence-electron chi connectivity index (χ4n) is 1.79. The summed E-state index contributed by atoms with van der Waals surface area (Å²) in [6, 6.07) is 10.5. The quantitative estimate of drug-likeness (QED) is 0.812. The lowest BCUT2D eigenvalue weighted by molar-refractivity contribution is 0.618. The topological polar surface area (TPSA) is 49.8 Å². The number of nitrogens with two attached hydrogens (primary N) is 1. The Morgan fingerprint density at radius 3 is 2.00 bits per heavy atom. The van der Waals surface area contributed by atoms with Crippen LogP contribution in [-0.2, 0) is 5.54 Å². The van der Waals surface area contributed by atoms with Crippen molar-refractivity contribution < 1.29 is 8.78 Å². The molecule has 114 valence electrons. The van der Waals surface area contributed by atoms with Gasteiger partial charge in [0.2, 0.25) is 0 Å². The van der Waals surface area contributed by atoms with Crippen LogP contribution in [0.3, 0.4) is 0 Å². The molecular formula is C16H12Cl2F2N2. The van der Waals surface area contributed by atoms with E-state index in [0.29, 0.717) is 0 Å². The van der Waals surface area contributed by atoms with Gasteiger partial charge in [0.1, 0.15) is 11.6 Å². The molecule has 3 rings (SSSR count). The third kappa shape index (κ3) is 3.95. The van der Waals surface area contributed by atoms with Crippen LogP contribution in [0.15, 0.2) is 36.4 Å². The first kappa shape index (κ1) is 16.7. The second-order valence-electron chi connectivity index (χ2n) is 5.03. The van der Waals surface area contributed by atoms with Gasteiger partial charge in [-0.15, -0.1) is 0 Å². The second kappa shape index (κ2) is 6.62. The number of benzene rings is 2. The van der Waals surface area contributed by atoms with Gasteiger partial charge in [-0.05, 0) is 48.7 Å². The van der Waals surface area contributed by atoms with Crippen LogP contribution in [0.5, 0.6) is 0 Å². The van der Waals surface area contributed by atoms with Crippen molar-refractivity contribution in [3.05, 3.63) is 69.2 Å². The molecule has 0 radical (unpaired) electrons. The molecule has 22 heavy (non-hydrogen) atoms. The van der Waals surface area contributed by atoms with Gasteiger partial charge in [-0.1, -0.05) is 29.3 Å². The molecule has 2 aromatic rings. The van der Waals surface area contributed by atoms with Crippen molar-refractivity contribution in [2.24, 2.45) is 5.73 Å². The molecule has 0 aliphatic heterocycles. The summed E-state index contributed by atoms with van der Waals surface area (Å²) in [7, 11) is 0. The average molecular weight is 341 g/mol. The minimum atomic E-state index is -0.555. The maximum absolute atomic E-state index is 12.9. The van der Waals surface area contributed by atoms with E-state index >= 15 is 0 Å². The van der Waals surface area contributed by atoms with Gasteiger partial charge in [0.25, 0.3) is 0 Å². The molecule has 0 unspecified atom stereocenters. The predicted molar refractivity (Wildman–Crippen MR) is 82.6 cm³/mol. The van der Waals surface area contributed by atoms with Crippen LogP contribution in [0.25, 0.3) is 0 Å². The molecule has 2 N–H and O–H groups in total. The molecule has 0 heterocycles. The standard InChI is InChI=1S/C9H9ClFN.C7H3ClFN/c10-7-2-1-6(5-8(7)11)9(12)3-4-9;8-6-2-1-5(4-10)3-7(6)9/h1-2,5H,3-4,12H2;1-3H. The van der Waals surface area contributed by atoms with Gasteiger partial charge in [0.05, 0.1) is 21.7 Å². The normalized spacial score (nSPS) is 14.5. The van der Waals surface area contributed by atoms with E-state index in [9.17, 15) is 8.78 Å². The van der Waals surface area contributed by atoms with Crippen molar-refractivity contribution in [3.8, 4) is 6.07 Å². The molecule has 1 saturated carbocycles. The molecule has 6 heteroatoms. The number of nitrogens with zero attached hydrogens (tertiary/aromatic N) is 1. The van der Waals surface area contributed by atoms with Crippen molar-refractivity contribution in [1.29, 1.82) is 5.26 Å². The van der Waals surface area contributed by atoms with Gasteiger partial charge < -0.3 is 5.73 Å². The van der Waals surface area contributed by atoms with Crippen LogP contribution in [0, 0.1) is 23.0 Å². The average Bonchev–Trinajstić information content (AvgIpc) is 3.24. The van der Waals surface area contributed by atoms with Gasteiger partial charge in [-0.2, -0.15) is 5.26 Å². The molecule has 1 aliphatic carbocycles. The van der Waals surface area contributed by atoms with Crippen molar-refractivity contribution in [2.45, 2.75) is 18.4 Å². The maximum Gasteiger partial charge on any atom is 0.143 e. The van der Waals surface area contributed by atoms with Gasteiger partial charge in [0.15, 0.2) is 0 Å². The Bertz CT molecular complexity index is 737. The van der Waals surface area contributed by atoms with E-state index in [4.69, 9.17) is 34.2 Å². The SMILES string of the molecule is N#Cc1ccc(Cl)c(F)c1.NC1(c2ccc(Cl)c(F)c2)CC1. The maximum atomic E-state index is 12.9. The molecule has 2 nitrogen and oxygen atoms in total. The molecule has 0 aromatic heterocycles. The number of rotatable bonds is 1. The zero-order chi connectivity index (χ0) is 16.3. The lowest BCUT2D eigenvalue weighted by Crippen LogP contribution is -2.18. The van der Waals surface area contributed by atoms with Crippen LogP contribution >= 0.6 is 23.2 Å². The zero-order valence-corrected chi connectivity index (χ0v) is 12.9. The molecule has 0 atom stereocenters. The zero-order valence-electron chi connectivity index (χ0n) is 11.4. The fourth-order valence-corrected chi connectivity index (χ4v) is 2.03. The third-order valence-electron chi connectivity index (χ3n) is 3.33. The second-order valence-corrected chi connectivity index (χ2v) is 5.84. The molecular weight excluding hydrogens is 329 g/mol. The van der Waals surface area contributed by atoms with Crippen molar-refractivity contribution in [2.75, 3.05) is 0 Å². The highest BCUT2D eigenvalue weighted by molar-refractivity contribution is 6.31. The van der Waals surface area contributed by atoms with Gasteiger partial charge >= 0.3 is 0 Å². The summed E-state index contributed by atoms with van der Waals surface area (Å²) in [4.78, 5) is 0. The lowest BCUT2D eigenvalue weighted by Gasteiger charge is -2.08. The molecule has 0 amide bonds. The monoisotopic (exact) mass is 340 g/mol. The Balaban J connectivity index is 0.000000164. The first-order valence-electron chi connectivity index (χ1n) is 6.45. The van der Waals surface area contributed by atoms with E-state index in [2.05, 4.69) is 0 Å². The van der Waals surface area contributed by atoms with Gasteiger partial charge in [0, 0.05) is 5.54 Å². The highest BCUT2D eigenvalue weighted by atomic mass is 35.5. The Hall–Kier alpha value is -1.67. The van der Waals surface area contributed by atoms with Gasteiger partial charge in [-0.3, -0.25) is 0 Å². The fraction of sp³-hybridized carbons (Fsp3) is 0.188. The molecule has 0 saturated heterocycles. The van der Waals surface area contributed by atoms with Crippen LogP contribution in [0.2, 0.25) is 10.0 Å². The first-order chi connectivity index (χ1) is 10.4. The number of halogens is 4. The Kier molecular flexibility index (Phi) is 5.02. The van der Waals surface area contributed by atoms with Crippen LogP contribution in [0.1, 0.15) is 24.0 Å². The number of hydrogen-bond acceptors (Lipinski definition) is 2. The van der Waals surface area contributed by atoms with E-state index in [1.807, 2.05) is 0 Å². The first-order valence-corrected chi connectivity index (χ1v) is 7.21. The van der Waals surface area contributed by atoms with Crippen molar-refractivity contribution >= 4 is 23.2 Å². The summed E-state index contributed by atoms with van der Waals surface area (Å²) in [5, 5.41) is 8.49. The molecule has 0 bridgehead atoms. The van der Waals surface area contributed by atoms with Crippen LogP contribution in [0.4, 0.5) is 8.78 Å². The highest BCUT2D eigenvalue weighted by Gasteiger charge is 2.40. The minimum absolute atomic E-state index is 0.0407. The van der Waals surface area contributed by atoms with E-state index in [-0.39, 0.29) is 27.0 Å². The minimum Gasteiger partial charge on any atom is -0.321 e. The summed E-state index contributed by atoms with van der Waals surface area (Å²) < 4.78 is 25.4. The highest BCUT2D eigenvalue weighted by Crippen LogP contribution is 2.43. The molecule has 1 aliphatic rings. The van der Waals surface area contributed by atoms with E-state index < -0.39 is 5.82 Å². The smallest absolute Gasteiger partial charge is 0.143 e. The summed E-state index contributed by atoms with van der Waals surface area (Å²) in [6.45, 7) is 0. The van der Waals surface area contributed by atoms with Crippen molar-refractivity contribution in [1.82, 2.24) is 0 Å². The van der Waals surface area contributed by atoms with E-state index in [0.717, 1.165) is 24.5 Å². The number of hydrogen-bond donors (Lipinski definition) is 1. The Morgan fingerprint density at radius 1 is 1.00 bits per heavy atom. The van der Waals surface area contributed by atoms with Crippen molar-refractivity contribution in [3.63, 3.8) is 0 Å². The summed E-state index contributed by atoms with van der Waals surface area (Å²) in [5.41, 5.74) is 6.74. The van der Waals surface area contributed by atoms with Gasteiger partial charge in [-0.25, -0.2) is 8.78 Å². The van der Waals surface area contributed by atoms with E-state index in [1.54, 1.807) is 18.2 Å². The predicted octanol–water partition coefficient (Wildman–Crippen LogP) is 4.78. The van der Waals surface area contributed by atoms with Crippen LogP contribution in [-0.4, -0.2) is 0 Å². The third-order valence-corrected chi connectivity index (χ3v) is 3.94. The largest absolute Gasteiger partial charge is 0.321 e. The Labute approximate surface area is 137 Å². The summed E-state index contributed by atoms with van der Waals surface area (Å²) >= 11 is 10.9. The molecule has 1 fully saturated rings. The Morgan fingerprint density at radius 2 is 1.55 bits per heavy atom. The lowest BCUT2D eigenvalue weighted by atomic mass is 10.1. The number of nitriles is 1. The summed E-state index contributed by atoms with van der Waals surface area (Å²) in [6.07, 6.45) is 1.88. The molecule has 0 spiro atoms. The molecule has 2 aromatic carbocycles.